The Kier molecular flexibility index (Phi) is 6.64. The van der Waals surface area contributed by atoms with E-state index >= 15 is 0 Å². The lowest BCUT2D eigenvalue weighted by molar-refractivity contribution is 0.594. The van der Waals surface area contributed by atoms with Crippen molar-refractivity contribution in [3.8, 4) is 0 Å². The van der Waals surface area contributed by atoms with Gasteiger partial charge >= 0.3 is 0 Å². The number of hydrogen-bond acceptors (Lipinski definition) is 1. The van der Waals surface area contributed by atoms with E-state index in [1.807, 2.05) is 0 Å². The van der Waals surface area contributed by atoms with Crippen molar-refractivity contribution in [3.63, 3.8) is 0 Å². The van der Waals surface area contributed by atoms with Crippen molar-refractivity contribution in [2.75, 3.05) is 5.32 Å². The molecule has 1 N–H and O–H groups in total. The minimum Gasteiger partial charge on any atom is -0.382 e. The summed E-state index contributed by atoms with van der Waals surface area (Å²) < 4.78 is 1.15. The van der Waals surface area contributed by atoms with Crippen LogP contribution < -0.4 is 5.32 Å². The number of nitrogens with one attached hydrogen (secondary N) is 1. The van der Waals surface area contributed by atoms with E-state index in [4.69, 9.17) is 0 Å². The van der Waals surface area contributed by atoms with Crippen LogP contribution in [0.5, 0.6) is 0 Å². The molecule has 1 aromatic carbocycles. The maximum atomic E-state index is 3.59. The Morgan fingerprint density at radius 1 is 1.24 bits per heavy atom. The fourth-order valence-electron chi connectivity index (χ4n) is 2.00. The Balaban J connectivity index is 2.37. The standard InChI is InChI=1S/C15H24BrN/c1-4-5-6-7-8-13(3)17-15-10-9-14(16)11-12(15)2/h9-11,13,17H,4-8H2,1-3H3. The van der Waals surface area contributed by atoms with Gasteiger partial charge in [-0.15, -0.1) is 0 Å². The molecule has 1 atom stereocenters. The monoisotopic (exact) mass is 297 g/mol. The maximum Gasteiger partial charge on any atom is 0.0372 e. The molecule has 2 heteroatoms. The molecule has 0 radical (unpaired) electrons. The number of benzene rings is 1. The summed E-state index contributed by atoms with van der Waals surface area (Å²) in [7, 11) is 0. The molecule has 0 saturated carbocycles. The SMILES string of the molecule is CCCCCCC(C)Nc1ccc(Br)cc1C. The second kappa shape index (κ2) is 7.75. The second-order valence-corrected chi connectivity index (χ2v) is 5.77. The number of anilines is 1. The molecule has 0 spiro atoms. The molecule has 1 unspecified atom stereocenters. The van der Waals surface area contributed by atoms with Crippen LogP contribution in [0.2, 0.25) is 0 Å². The number of unbranched alkanes of at least 4 members (excludes halogenated alkanes) is 3. The minimum atomic E-state index is 0.562. The Morgan fingerprint density at radius 2 is 2.00 bits per heavy atom. The average molecular weight is 298 g/mol. The van der Waals surface area contributed by atoms with Crippen LogP contribution in [-0.2, 0) is 0 Å². The maximum absolute atomic E-state index is 3.59. The second-order valence-electron chi connectivity index (χ2n) is 4.85. The summed E-state index contributed by atoms with van der Waals surface area (Å²) in [5.41, 5.74) is 2.57. The molecule has 0 bridgehead atoms. The van der Waals surface area contributed by atoms with Gasteiger partial charge in [0.15, 0.2) is 0 Å². The van der Waals surface area contributed by atoms with Gasteiger partial charge in [-0.2, -0.15) is 0 Å². The molecule has 0 aromatic heterocycles. The molecule has 0 fully saturated rings. The van der Waals surface area contributed by atoms with E-state index in [0.717, 1.165) is 4.47 Å². The molecule has 1 aromatic rings. The molecule has 96 valence electrons. The molecule has 1 rings (SSSR count). The van der Waals surface area contributed by atoms with Crippen molar-refractivity contribution in [1.29, 1.82) is 0 Å². The quantitative estimate of drug-likeness (QED) is 0.653. The van der Waals surface area contributed by atoms with Gasteiger partial charge in [0.05, 0.1) is 0 Å². The van der Waals surface area contributed by atoms with E-state index < -0.39 is 0 Å². The van der Waals surface area contributed by atoms with E-state index in [-0.39, 0.29) is 0 Å². The van der Waals surface area contributed by atoms with Crippen LogP contribution in [0.15, 0.2) is 22.7 Å². The van der Waals surface area contributed by atoms with Gasteiger partial charge in [0.25, 0.3) is 0 Å². The zero-order valence-electron chi connectivity index (χ0n) is 11.2. The Bertz CT molecular complexity index is 336. The predicted molar refractivity (Wildman–Crippen MR) is 80.7 cm³/mol. The molecule has 0 saturated heterocycles. The molecule has 17 heavy (non-hydrogen) atoms. The lowest BCUT2D eigenvalue weighted by atomic mass is 10.1. The van der Waals surface area contributed by atoms with Crippen LogP contribution in [0, 0.1) is 6.92 Å². The molecule has 0 aliphatic carbocycles. The third-order valence-corrected chi connectivity index (χ3v) is 3.57. The summed E-state index contributed by atoms with van der Waals surface area (Å²) in [6.07, 6.45) is 6.63. The molecule has 0 amide bonds. The fourth-order valence-corrected chi connectivity index (χ4v) is 2.48. The van der Waals surface area contributed by atoms with E-state index in [1.54, 1.807) is 0 Å². The number of halogens is 1. The highest BCUT2D eigenvalue weighted by Gasteiger charge is 2.04. The number of aryl methyl sites for hydroxylation is 1. The first-order valence-electron chi connectivity index (χ1n) is 6.66. The Morgan fingerprint density at radius 3 is 2.65 bits per heavy atom. The zero-order valence-corrected chi connectivity index (χ0v) is 12.8. The largest absolute Gasteiger partial charge is 0.382 e. The van der Waals surface area contributed by atoms with Gasteiger partial charge < -0.3 is 5.32 Å². The van der Waals surface area contributed by atoms with Gasteiger partial charge in [-0.1, -0.05) is 48.5 Å². The van der Waals surface area contributed by atoms with Crippen molar-refractivity contribution >= 4 is 21.6 Å². The van der Waals surface area contributed by atoms with Crippen molar-refractivity contribution in [2.24, 2.45) is 0 Å². The fraction of sp³-hybridized carbons (Fsp3) is 0.600. The Hall–Kier alpha value is -0.500. The first kappa shape index (κ1) is 14.6. The van der Waals surface area contributed by atoms with Gasteiger partial charge in [0, 0.05) is 16.2 Å². The molecular weight excluding hydrogens is 274 g/mol. The summed E-state index contributed by atoms with van der Waals surface area (Å²) >= 11 is 3.49. The third-order valence-electron chi connectivity index (χ3n) is 3.08. The highest BCUT2D eigenvalue weighted by Crippen LogP contribution is 2.21. The van der Waals surface area contributed by atoms with Crippen molar-refractivity contribution in [1.82, 2.24) is 0 Å². The molecule has 0 aliphatic rings. The summed E-state index contributed by atoms with van der Waals surface area (Å²) in [5, 5.41) is 3.59. The lowest BCUT2D eigenvalue weighted by Gasteiger charge is -2.17. The smallest absolute Gasteiger partial charge is 0.0372 e. The van der Waals surface area contributed by atoms with Crippen molar-refractivity contribution in [3.05, 3.63) is 28.2 Å². The molecule has 0 aliphatic heterocycles. The van der Waals surface area contributed by atoms with Crippen molar-refractivity contribution < 1.29 is 0 Å². The van der Waals surface area contributed by atoms with Gasteiger partial charge in [0.1, 0.15) is 0 Å². The first-order chi connectivity index (χ1) is 8.13. The normalized spacial score (nSPS) is 12.5. The van der Waals surface area contributed by atoms with E-state index in [2.05, 4.69) is 60.2 Å². The average Bonchev–Trinajstić information content (AvgIpc) is 2.28. The van der Waals surface area contributed by atoms with E-state index in [0.29, 0.717) is 6.04 Å². The topological polar surface area (TPSA) is 12.0 Å². The molecular formula is C15H24BrN. The van der Waals surface area contributed by atoms with Crippen LogP contribution in [-0.4, -0.2) is 6.04 Å². The van der Waals surface area contributed by atoms with E-state index in [9.17, 15) is 0 Å². The highest BCUT2D eigenvalue weighted by atomic mass is 79.9. The minimum absolute atomic E-state index is 0.562. The molecule has 1 nitrogen and oxygen atoms in total. The summed E-state index contributed by atoms with van der Waals surface area (Å²) in [5.74, 6) is 0. The summed E-state index contributed by atoms with van der Waals surface area (Å²) in [6, 6.07) is 6.97. The number of rotatable bonds is 7. The van der Waals surface area contributed by atoms with Gasteiger partial charge in [0.2, 0.25) is 0 Å². The zero-order chi connectivity index (χ0) is 12.7. The van der Waals surface area contributed by atoms with Crippen LogP contribution in [0.25, 0.3) is 0 Å². The molecule has 0 heterocycles. The predicted octanol–water partition coefficient (Wildman–Crippen LogP) is 5.53. The lowest BCUT2D eigenvalue weighted by Crippen LogP contribution is -2.15. The van der Waals surface area contributed by atoms with Crippen LogP contribution >= 0.6 is 15.9 Å². The summed E-state index contributed by atoms with van der Waals surface area (Å²) in [4.78, 5) is 0. The highest BCUT2D eigenvalue weighted by molar-refractivity contribution is 9.10. The van der Waals surface area contributed by atoms with Gasteiger partial charge in [-0.25, -0.2) is 0 Å². The van der Waals surface area contributed by atoms with Gasteiger partial charge in [-0.3, -0.25) is 0 Å². The number of hydrogen-bond donors (Lipinski definition) is 1. The van der Waals surface area contributed by atoms with Gasteiger partial charge in [-0.05, 0) is 44.0 Å². The van der Waals surface area contributed by atoms with Crippen molar-refractivity contribution in [2.45, 2.75) is 58.9 Å². The third kappa shape index (κ3) is 5.58. The van der Waals surface area contributed by atoms with Crippen LogP contribution in [0.1, 0.15) is 51.5 Å². The van der Waals surface area contributed by atoms with E-state index in [1.165, 1.54) is 43.4 Å². The summed E-state index contributed by atoms with van der Waals surface area (Å²) in [6.45, 7) is 6.68. The first-order valence-corrected chi connectivity index (χ1v) is 7.45. The van der Waals surface area contributed by atoms with Crippen LogP contribution in [0.3, 0.4) is 0 Å². The Labute approximate surface area is 114 Å². The van der Waals surface area contributed by atoms with Crippen LogP contribution in [0.4, 0.5) is 5.69 Å².